The van der Waals surface area contributed by atoms with Gasteiger partial charge in [0.25, 0.3) is 5.91 Å². The summed E-state index contributed by atoms with van der Waals surface area (Å²) >= 11 is 6.20. The van der Waals surface area contributed by atoms with E-state index in [1.165, 1.54) is 6.07 Å². The van der Waals surface area contributed by atoms with Crippen LogP contribution in [0.25, 0.3) is 0 Å². The fourth-order valence-corrected chi connectivity index (χ4v) is 2.99. The second-order valence-corrected chi connectivity index (χ2v) is 6.88. The lowest BCUT2D eigenvalue weighted by Gasteiger charge is -2.32. The summed E-state index contributed by atoms with van der Waals surface area (Å²) in [5, 5.41) is 12.4. The van der Waals surface area contributed by atoms with Crippen molar-refractivity contribution in [2.45, 2.75) is 0 Å². The monoisotopic (exact) mass is 381 g/mol. The van der Waals surface area contributed by atoms with Crippen molar-refractivity contribution < 1.29 is 4.79 Å². The highest BCUT2D eigenvalue weighted by atomic mass is 35.5. The number of hydrogen-bond acceptors (Lipinski definition) is 4. The lowest BCUT2D eigenvalue weighted by molar-refractivity contribution is 0.102. The van der Waals surface area contributed by atoms with Crippen LogP contribution in [0.15, 0.2) is 47.5 Å². The highest BCUT2D eigenvalue weighted by molar-refractivity contribution is 6.32. The zero-order chi connectivity index (χ0) is 19.4. The Balaban J connectivity index is 2.01. The Labute approximate surface area is 163 Å². The molecule has 0 saturated carbocycles. The first-order valence-electron chi connectivity index (χ1n) is 8.55. The van der Waals surface area contributed by atoms with Crippen molar-refractivity contribution in [3.8, 4) is 6.07 Å². The molecule has 1 amide bonds. The molecule has 0 spiro atoms. The number of carbonyl (C=O) groups is 1. The minimum atomic E-state index is -0.333. The summed E-state index contributed by atoms with van der Waals surface area (Å²) in [6.45, 7) is 2.48. The quantitative estimate of drug-likeness (QED) is 0.884. The first-order chi connectivity index (χ1) is 13.0. The Morgan fingerprint density at radius 2 is 1.96 bits per heavy atom. The van der Waals surface area contributed by atoms with E-state index in [-0.39, 0.29) is 16.5 Å². The van der Waals surface area contributed by atoms with Crippen LogP contribution in [0.5, 0.6) is 0 Å². The number of amides is 1. The van der Waals surface area contributed by atoms with Gasteiger partial charge in [-0.15, -0.1) is 0 Å². The predicted octanol–water partition coefficient (Wildman–Crippen LogP) is 3.37. The molecule has 2 aromatic carbocycles. The van der Waals surface area contributed by atoms with Crippen LogP contribution in [-0.2, 0) is 0 Å². The van der Waals surface area contributed by atoms with Crippen molar-refractivity contribution in [2.75, 3.05) is 39.0 Å². The lowest BCUT2D eigenvalue weighted by atomic mass is 10.1. The van der Waals surface area contributed by atoms with Crippen LogP contribution in [0, 0.1) is 11.3 Å². The van der Waals surface area contributed by atoms with E-state index in [9.17, 15) is 10.1 Å². The van der Waals surface area contributed by atoms with Gasteiger partial charge in [-0.2, -0.15) is 5.26 Å². The number of rotatable bonds is 3. The number of anilines is 1. The van der Waals surface area contributed by atoms with Gasteiger partial charge in [0.15, 0.2) is 0 Å². The number of benzene rings is 2. The number of likely N-dealkylation sites (N-methyl/N-ethyl adjacent to an activating group) is 2. The Morgan fingerprint density at radius 3 is 2.67 bits per heavy atom. The van der Waals surface area contributed by atoms with Crippen molar-refractivity contribution >= 4 is 34.7 Å². The molecule has 7 heteroatoms. The summed E-state index contributed by atoms with van der Waals surface area (Å²) in [5.74, 6) is 0.513. The maximum Gasteiger partial charge on any atom is 0.257 e. The van der Waals surface area contributed by atoms with Crippen molar-refractivity contribution in [1.29, 1.82) is 5.26 Å². The van der Waals surface area contributed by atoms with Gasteiger partial charge < -0.3 is 10.2 Å². The van der Waals surface area contributed by atoms with E-state index in [4.69, 9.17) is 16.6 Å². The molecule has 2 aromatic rings. The van der Waals surface area contributed by atoms with Crippen LogP contribution in [0.1, 0.15) is 15.9 Å². The molecule has 1 aliphatic rings. The summed E-state index contributed by atoms with van der Waals surface area (Å²) in [7, 11) is 4.00. The van der Waals surface area contributed by atoms with E-state index in [1.807, 2.05) is 38.4 Å². The number of para-hydroxylation sites is 1. The normalized spacial score (nSPS) is 16.2. The summed E-state index contributed by atoms with van der Waals surface area (Å²) in [4.78, 5) is 21.8. The number of carbonyl (C=O) groups excluding carboxylic acids is 1. The molecular weight excluding hydrogens is 362 g/mol. The van der Waals surface area contributed by atoms with E-state index in [2.05, 4.69) is 15.1 Å². The lowest BCUT2D eigenvalue weighted by Crippen LogP contribution is -2.46. The smallest absolute Gasteiger partial charge is 0.257 e. The zero-order valence-electron chi connectivity index (χ0n) is 15.2. The van der Waals surface area contributed by atoms with Gasteiger partial charge >= 0.3 is 0 Å². The van der Waals surface area contributed by atoms with Crippen molar-refractivity contribution in [1.82, 2.24) is 9.80 Å². The average Bonchev–Trinajstić information content (AvgIpc) is 2.65. The molecule has 0 bridgehead atoms. The largest absolute Gasteiger partial charge is 0.361 e. The second-order valence-electron chi connectivity index (χ2n) is 6.47. The maximum atomic E-state index is 12.8. The van der Waals surface area contributed by atoms with Crippen LogP contribution < -0.4 is 5.32 Å². The van der Waals surface area contributed by atoms with Crippen molar-refractivity contribution in [3.63, 3.8) is 0 Å². The molecule has 3 rings (SSSR count). The molecule has 1 fully saturated rings. The highest BCUT2D eigenvalue weighted by Gasteiger charge is 2.20. The molecule has 6 nitrogen and oxygen atoms in total. The van der Waals surface area contributed by atoms with E-state index in [0.717, 1.165) is 18.9 Å². The number of halogens is 1. The zero-order valence-corrected chi connectivity index (χ0v) is 16.0. The topological polar surface area (TPSA) is 71.7 Å². The number of nitriles is 1. The van der Waals surface area contributed by atoms with Gasteiger partial charge in [0.2, 0.25) is 0 Å². The number of aliphatic imine (C=N–C) groups is 1. The number of piperazine rings is 1. The third kappa shape index (κ3) is 4.45. The number of hydrogen-bond donors (Lipinski definition) is 1. The molecule has 1 heterocycles. The molecule has 0 aliphatic carbocycles. The number of nitrogens with zero attached hydrogens (tertiary/aromatic N) is 4. The molecule has 0 radical (unpaired) electrons. The third-order valence-corrected chi connectivity index (χ3v) is 4.71. The number of nitrogens with one attached hydrogen (secondary N) is 1. The van der Waals surface area contributed by atoms with Crippen LogP contribution in [0.4, 0.5) is 11.4 Å². The molecule has 1 N–H and O–H groups in total. The van der Waals surface area contributed by atoms with Gasteiger partial charge in [0.05, 0.1) is 28.4 Å². The van der Waals surface area contributed by atoms with Crippen LogP contribution >= 0.6 is 11.6 Å². The first-order valence-corrected chi connectivity index (χ1v) is 8.93. The second kappa shape index (κ2) is 8.21. The van der Waals surface area contributed by atoms with Crippen molar-refractivity contribution in [3.05, 3.63) is 58.6 Å². The van der Waals surface area contributed by atoms with Crippen LogP contribution in [0.3, 0.4) is 0 Å². The summed E-state index contributed by atoms with van der Waals surface area (Å²) in [6, 6.07) is 14.2. The minimum absolute atomic E-state index is 0.243. The van der Waals surface area contributed by atoms with Gasteiger partial charge in [0, 0.05) is 25.8 Å². The summed E-state index contributed by atoms with van der Waals surface area (Å²) in [5.41, 5.74) is 1.68. The molecular formula is C20H20ClN5O. The van der Waals surface area contributed by atoms with E-state index >= 15 is 0 Å². The molecule has 0 aromatic heterocycles. The fraction of sp³-hybridized carbons (Fsp3) is 0.250. The Bertz CT molecular complexity index is 920. The minimum Gasteiger partial charge on any atom is -0.361 e. The van der Waals surface area contributed by atoms with Gasteiger partial charge in [0.1, 0.15) is 11.9 Å². The van der Waals surface area contributed by atoms with Gasteiger partial charge in [-0.3, -0.25) is 9.69 Å². The standard InChI is InChI=1S/C20H20ClN5O/c1-25-8-9-26(2)19(13-25)24-18-11-17(21)14(12-22)10-16(18)20(27)23-15-6-4-3-5-7-15/h3-7,10-11H,8-9,13H2,1-2H3,(H,23,27)/b24-19+. The highest BCUT2D eigenvalue weighted by Crippen LogP contribution is 2.29. The van der Waals surface area contributed by atoms with Crippen molar-refractivity contribution in [2.24, 2.45) is 4.99 Å². The van der Waals surface area contributed by atoms with Crippen LogP contribution in [0.2, 0.25) is 5.02 Å². The summed E-state index contributed by atoms with van der Waals surface area (Å²) in [6.07, 6.45) is 0. The van der Waals surface area contributed by atoms with E-state index < -0.39 is 0 Å². The molecule has 1 saturated heterocycles. The average molecular weight is 382 g/mol. The first kappa shape index (κ1) is 18.9. The summed E-state index contributed by atoms with van der Waals surface area (Å²) < 4.78 is 0. The molecule has 0 unspecified atom stereocenters. The third-order valence-electron chi connectivity index (χ3n) is 4.40. The number of amidine groups is 1. The molecule has 1 aliphatic heterocycles. The molecule has 138 valence electrons. The Hall–Kier alpha value is -2.88. The Morgan fingerprint density at radius 1 is 1.22 bits per heavy atom. The van der Waals surface area contributed by atoms with E-state index in [0.29, 0.717) is 23.5 Å². The maximum absolute atomic E-state index is 12.8. The Kier molecular flexibility index (Phi) is 5.75. The fourth-order valence-electron chi connectivity index (χ4n) is 2.79. The van der Waals surface area contributed by atoms with E-state index in [1.54, 1.807) is 18.2 Å². The van der Waals surface area contributed by atoms with Crippen LogP contribution in [-0.4, -0.2) is 55.3 Å². The molecule has 27 heavy (non-hydrogen) atoms. The van der Waals surface area contributed by atoms with Gasteiger partial charge in [-0.1, -0.05) is 29.8 Å². The van der Waals surface area contributed by atoms with Gasteiger partial charge in [-0.25, -0.2) is 4.99 Å². The SMILES string of the molecule is CN1CCN(C)/C(=N/c2cc(Cl)c(C#N)cc2C(=O)Nc2ccccc2)C1. The van der Waals surface area contributed by atoms with Gasteiger partial charge in [-0.05, 0) is 31.3 Å². The predicted molar refractivity (Wildman–Crippen MR) is 108 cm³/mol. The molecule has 0 atom stereocenters.